The van der Waals surface area contributed by atoms with Gasteiger partial charge in [0.15, 0.2) is 6.29 Å². The Morgan fingerprint density at radius 3 is 2.71 bits per heavy atom. The SMILES string of the molecule is CCn1cc(Br)cc1C(=O)NCC(OC)OC. The van der Waals surface area contributed by atoms with Crippen LogP contribution in [0.3, 0.4) is 0 Å². The lowest BCUT2D eigenvalue weighted by Gasteiger charge is -2.14. The van der Waals surface area contributed by atoms with Gasteiger partial charge in [-0.05, 0) is 28.9 Å². The lowest BCUT2D eigenvalue weighted by atomic mass is 10.4. The Bertz CT molecular complexity index is 375. The zero-order valence-corrected chi connectivity index (χ0v) is 11.8. The molecule has 1 aromatic rings. The highest BCUT2D eigenvalue weighted by Crippen LogP contribution is 2.14. The minimum Gasteiger partial charge on any atom is -0.354 e. The van der Waals surface area contributed by atoms with Crippen LogP contribution in [0.1, 0.15) is 17.4 Å². The lowest BCUT2D eigenvalue weighted by molar-refractivity contribution is -0.0974. The summed E-state index contributed by atoms with van der Waals surface area (Å²) in [6, 6.07) is 1.79. The highest BCUT2D eigenvalue weighted by atomic mass is 79.9. The van der Waals surface area contributed by atoms with Gasteiger partial charge in [0.25, 0.3) is 5.91 Å². The van der Waals surface area contributed by atoms with Crippen molar-refractivity contribution in [2.75, 3.05) is 20.8 Å². The molecule has 0 bridgehead atoms. The van der Waals surface area contributed by atoms with Crippen LogP contribution < -0.4 is 5.32 Å². The predicted octanol–water partition coefficient (Wildman–Crippen LogP) is 1.62. The summed E-state index contributed by atoms with van der Waals surface area (Å²) >= 11 is 3.35. The van der Waals surface area contributed by atoms with Gasteiger partial charge in [0.2, 0.25) is 0 Å². The molecule has 0 radical (unpaired) electrons. The first-order valence-electron chi connectivity index (χ1n) is 5.31. The van der Waals surface area contributed by atoms with Crippen molar-refractivity contribution in [2.24, 2.45) is 0 Å². The fraction of sp³-hybridized carbons (Fsp3) is 0.545. The molecule has 1 rings (SSSR count). The van der Waals surface area contributed by atoms with Crippen molar-refractivity contribution in [1.29, 1.82) is 0 Å². The maximum atomic E-state index is 11.9. The first-order valence-corrected chi connectivity index (χ1v) is 6.11. The quantitative estimate of drug-likeness (QED) is 0.813. The number of hydrogen-bond donors (Lipinski definition) is 1. The average Bonchev–Trinajstić information content (AvgIpc) is 2.71. The van der Waals surface area contributed by atoms with E-state index in [9.17, 15) is 4.79 Å². The zero-order chi connectivity index (χ0) is 12.8. The first-order chi connectivity index (χ1) is 8.12. The highest BCUT2D eigenvalue weighted by molar-refractivity contribution is 9.10. The number of methoxy groups -OCH3 is 2. The van der Waals surface area contributed by atoms with Gasteiger partial charge in [0.05, 0.1) is 6.54 Å². The van der Waals surface area contributed by atoms with Gasteiger partial charge in [0.1, 0.15) is 5.69 Å². The molecule has 0 saturated carbocycles. The molecule has 6 heteroatoms. The molecule has 1 heterocycles. The van der Waals surface area contributed by atoms with Crippen LogP contribution in [0.25, 0.3) is 0 Å². The Labute approximate surface area is 109 Å². The number of rotatable bonds is 6. The second-order valence-corrected chi connectivity index (χ2v) is 4.36. The molecule has 0 aliphatic carbocycles. The average molecular weight is 305 g/mol. The number of carbonyl (C=O) groups is 1. The summed E-state index contributed by atoms with van der Waals surface area (Å²) in [6.45, 7) is 3.04. The van der Waals surface area contributed by atoms with Crippen molar-refractivity contribution in [3.63, 3.8) is 0 Å². The van der Waals surface area contributed by atoms with Crippen LogP contribution in [0.2, 0.25) is 0 Å². The molecule has 0 unspecified atom stereocenters. The molecule has 0 aliphatic rings. The van der Waals surface area contributed by atoms with Gasteiger partial charge < -0.3 is 19.4 Å². The van der Waals surface area contributed by atoms with E-state index in [2.05, 4.69) is 21.2 Å². The van der Waals surface area contributed by atoms with Crippen molar-refractivity contribution in [1.82, 2.24) is 9.88 Å². The molecule has 0 saturated heterocycles. The van der Waals surface area contributed by atoms with Gasteiger partial charge in [-0.1, -0.05) is 0 Å². The van der Waals surface area contributed by atoms with Gasteiger partial charge >= 0.3 is 0 Å². The summed E-state index contributed by atoms with van der Waals surface area (Å²) in [4.78, 5) is 11.9. The molecule has 17 heavy (non-hydrogen) atoms. The van der Waals surface area contributed by atoms with E-state index in [0.717, 1.165) is 11.0 Å². The number of aryl methyl sites for hydroxylation is 1. The maximum Gasteiger partial charge on any atom is 0.268 e. The Morgan fingerprint density at radius 1 is 1.53 bits per heavy atom. The fourth-order valence-electron chi connectivity index (χ4n) is 1.46. The molecule has 0 atom stereocenters. The highest BCUT2D eigenvalue weighted by Gasteiger charge is 2.14. The zero-order valence-electron chi connectivity index (χ0n) is 10.2. The lowest BCUT2D eigenvalue weighted by Crippen LogP contribution is -2.35. The second kappa shape index (κ2) is 6.78. The molecule has 0 aliphatic heterocycles. The third-order valence-electron chi connectivity index (χ3n) is 2.39. The largest absolute Gasteiger partial charge is 0.354 e. The molecular weight excluding hydrogens is 288 g/mol. The van der Waals surface area contributed by atoms with E-state index in [1.54, 1.807) is 6.07 Å². The standard InChI is InChI=1S/C11H17BrN2O3/c1-4-14-7-8(12)5-9(14)11(15)13-6-10(16-2)17-3/h5,7,10H,4,6H2,1-3H3,(H,13,15). The van der Waals surface area contributed by atoms with Crippen LogP contribution in [0, 0.1) is 0 Å². The molecular formula is C11H17BrN2O3. The number of halogens is 1. The van der Waals surface area contributed by atoms with Crippen molar-refractivity contribution >= 4 is 21.8 Å². The molecule has 1 aromatic heterocycles. The summed E-state index contributed by atoms with van der Waals surface area (Å²) in [5, 5.41) is 2.76. The van der Waals surface area contributed by atoms with Gasteiger partial charge in [-0.15, -0.1) is 0 Å². The van der Waals surface area contributed by atoms with Crippen molar-refractivity contribution < 1.29 is 14.3 Å². The molecule has 0 spiro atoms. The first kappa shape index (κ1) is 14.2. The molecule has 1 N–H and O–H groups in total. The van der Waals surface area contributed by atoms with Crippen LogP contribution in [0.15, 0.2) is 16.7 Å². The molecule has 1 amide bonds. The van der Waals surface area contributed by atoms with E-state index < -0.39 is 6.29 Å². The normalized spacial score (nSPS) is 10.9. The van der Waals surface area contributed by atoms with E-state index in [4.69, 9.17) is 9.47 Å². The number of carbonyl (C=O) groups excluding carboxylic acids is 1. The van der Waals surface area contributed by atoms with Gasteiger partial charge in [0, 0.05) is 31.4 Å². The van der Waals surface area contributed by atoms with E-state index in [1.165, 1.54) is 14.2 Å². The summed E-state index contributed by atoms with van der Waals surface area (Å²) in [6.07, 6.45) is 1.45. The topological polar surface area (TPSA) is 52.5 Å². The minimum atomic E-state index is -0.424. The Kier molecular flexibility index (Phi) is 5.67. The van der Waals surface area contributed by atoms with Crippen molar-refractivity contribution in [3.05, 3.63) is 22.4 Å². The Morgan fingerprint density at radius 2 is 2.18 bits per heavy atom. The molecule has 96 valence electrons. The van der Waals surface area contributed by atoms with Crippen LogP contribution in [0.4, 0.5) is 0 Å². The molecule has 0 aromatic carbocycles. The Hall–Kier alpha value is -0.850. The van der Waals surface area contributed by atoms with E-state index in [1.807, 2.05) is 17.7 Å². The predicted molar refractivity (Wildman–Crippen MR) is 67.9 cm³/mol. The number of aromatic nitrogens is 1. The number of hydrogen-bond acceptors (Lipinski definition) is 3. The van der Waals surface area contributed by atoms with E-state index in [-0.39, 0.29) is 5.91 Å². The summed E-state index contributed by atoms with van der Waals surface area (Å²) < 4.78 is 12.7. The van der Waals surface area contributed by atoms with Crippen LogP contribution in [0.5, 0.6) is 0 Å². The van der Waals surface area contributed by atoms with Crippen molar-refractivity contribution in [3.8, 4) is 0 Å². The van der Waals surface area contributed by atoms with Crippen LogP contribution in [-0.2, 0) is 16.0 Å². The number of nitrogens with zero attached hydrogens (tertiary/aromatic N) is 1. The summed E-state index contributed by atoms with van der Waals surface area (Å²) in [5.74, 6) is -0.142. The third kappa shape index (κ3) is 3.83. The van der Waals surface area contributed by atoms with Gasteiger partial charge in [-0.3, -0.25) is 4.79 Å². The maximum absolute atomic E-state index is 11.9. The Balaban J connectivity index is 2.63. The van der Waals surface area contributed by atoms with Crippen LogP contribution >= 0.6 is 15.9 Å². The number of ether oxygens (including phenoxy) is 2. The van der Waals surface area contributed by atoms with Crippen LogP contribution in [-0.4, -0.2) is 37.5 Å². The molecule has 0 fully saturated rings. The fourth-order valence-corrected chi connectivity index (χ4v) is 1.92. The van der Waals surface area contributed by atoms with Crippen molar-refractivity contribution in [2.45, 2.75) is 19.8 Å². The monoisotopic (exact) mass is 304 g/mol. The van der Waals surface area contributed by atoms with Gasteiger partial charge in [-0.25, -0.2) is 0 Å². The van der Waals surface area contributed by atoms with E-state index >= 15 is 0 Å². The third-order valence-corrected chi connectivity index (χ3v) is 2.83. The molecule has 5 nitrogen and oxygen atoms in total. The minimum absolute atomic E-state index is 0.142. The summed E-state index contributed by atoms with van der Waals surface area (Å²) in [7, 11) is 3.07. The number of amides is 1. The van der Waals surface area contributed by atoms with E-state index in [0.29, 0.717) is 12.2 Å². The second-order valence-electron chi connectivity index (χ2n) is 3.44. The summed E-state index contributed by atoms with van der Waals surface area (Å²) in [5.41, 5.74) is 0.616. The van der Waals surface area contributed by atoms with Gasteiger partial charge in [-0.2, -0.15) is 0 Å². The number of nitrogens with one attached hydrogen (secondary N) is 1. The smallest absolute Gasteiger partial charge is 0.268 e.